The Morgan fingerprint density at radius 2 is 1.76 bits per heavy atom. The predicted molar refractivity (Wildman–Crippen MR) is 80.2 cm³/mol. The van der Waals surface area contributed by atoms with E-state index in [-0.39, 0.29) is 5.97 Å². The maximum atomic E-state index is 12.3. The lowest BCUT2D eigenvalue weighted by Crippen LogP contribution is -2.46. The molecule has 0 atom stereocenters. The van der Waals surface area contributed by atoms with Crippen molar-refractivity contribution in [1.29, 1.82) is 0 Å². The van der Waals surface area contributed by atoms with Gasteiger partial charge in [0.2, 0.25) is 0 Å². The smallest absolute Gasteiger partial charge is 0.316 e. The van der Waals surface area contributed by atoms with Gasteiger partial charge in [-0.2, -0.15) is 0 Å². The minimum absolute atomic E-state index is 0.0762. The van der Waals surface area contributed by atoms with Gasteiger partial charge in [0, 0.05) is 6.92 Å². The molecule has 0 aromatic heterocycles. The van der Waals surface area contributed by atoms with E-state index < -0.39 is 11.4 Å². The molecule has 1 aliphatic heterocycles. The zero-order chi connectivity index (χ0) is 15.7. The quantitative estimate of drug-likeness (QED) is 0.833. The van der Waals surface area contributed by atoms with Crippen molar-refractivity contribution in [2.24, 2.45) is 0 Å². The lowest BCUT2D eigenvalue weighted by Gasteiger charge is -2.35. The number of aliphatic carboxylic acids is 1. The van der Waals surface area contributed by atoms with Crippen molar-refractivity contribution in [1.82, 2.24) is 5.32 Å². The minimum atomic E-state index is -0.833. The van der Waals surface area contributed by atoms with E-state index in [9.17, 15) is 4.79 Å². The summed E-state index contributed by atoms with van der Waals surface area (Å²) in [6.45, 7) is 5.12. The zero-order valence-corrected chi connectivity index (χ0v) is 12.6. The van der Waals surface area contributed by atoms with E-state index in [0.29, 0.717) is 6.61 Å². The van der Waals surface area contributed by atoms with Gasteiger partial charge in [0.1, 0.15) is 0 Å². The number of carbonyl (C=O) groups excluding carboxylic acids is 1. The van der Waals surface area contributed by atoms with Gasteiger partial charge in [-0.1, -0.05) is 30.3 Å². The van der Waals surface area contributed by atoms with Gasteiger partial charge in [0.05, 0.1) is 12.0 Å². The van der Waals surface area contributed by atoms with E-state index in [0.717, 1.165) is 38.4 Å². The zero-order valence-electron chi connectivity index (χ0n) is 12.6. The Morgan fingerprint density at radius 1 is 1.24 bits per heavy atom. The number of rotatable bonds is 3. The van der Waals surface area contributed by atoms with Crippen molar-refractivity contribution in [3.05, 3.63) is 35.9 Å². The fraction of sp³-hybridized carbons (Fsp3) is 0.500. The summed E-state index contributed by atoms with van der Waals surface area (Å²) in [6.07, 6.45) is 1.63. The Hall–Kier alpha value is -1.88. The molecule has 1 fully saturated rings. The van der Waals surface area contributed by atoms with E-state index >= 15 is 0 Å². The van der Waals surface area contributed by atoms with Gasteiger partial charge in [0.15, 0.2) is 0 Å². The van der Waals surface area contributed by atoms with E-state index in [1.807, 2.05) is 37.3 Å². The first-order chi connectivity index (χ1) is 10.0. The molecule has 1 aliphatic rings. The van der Waals surface area contributed by atoms with Gasteiger partial charge in [-0.05, 0) is 38.4 Å². The van der Waals surface area contributed by atoms with Crippen LogP contribution in [0.3, 0.4) is 0 Å². The third kappa shape index (κ3) is 4.86. The summed E-state index contributed by atoms with van der Waals surface area (Å²) in [4.78, 5) is 21.3. The molecule has 0 amide bonds. The summed E-state index contributed by atoms with van der Waals surface area (Å²) in [6, 6.07) is 10.0. The summed E-state index contributed by atoms with van der Waals surface area (Å²) in [5.41, 5.74) is 0.641. The average molecular weight is 293 g/mol. The molecular formula is C16H23NO4. The van der Waals surface area contributed by atoms with Gasteiger partial charge in [-0.15, -0.1) is 0 Å². The summed E-state index contributed by atoms with van der Waals surface area (Å²) in [7, 11) is 0. The number of piperidine rings is 1. The second kappa shape index (κ2) is 8.42. The van der Waals surface area contributed by atoms with Crippen LogP contribution in [0.4, 0.5) is 0 Å². The fourth-order valence-electron chi connectivity index (χ4n) is 2.49. The van der Waals surface area contributed by atoms with Crippen molar-refractivity contribution in [3.8, 4) is 0 Å². The van der Waals surface area contributed by atoms with Gasteiger partial charge in [-0.3, -0.25) is 9.59 Å². The molecule has 5 heteroatoms. The molecule has 116 valence electrons. The largest absolute Gasteiger partial charge is 0.481 e. The van der Waals surface area contributed by atoms with Crippen molar-refractivity contribution in [2.45, 2.75) is 32.1 Å². The molecule has 0 saturated carbocycles. The Morgan fingerprint density at radius 3 is 2.24 bits per heavy atom. The Kier molecular flexibility index (Phi) is 6.88. The standard InChI is InChI=1S/C14H19NO2.C2H4O2/c1-2-17-13(16)14(8-10-15-11-9-14)12-6-4-3-5-7-12;1-2(3)4/h3-7,15H,2,8-11H2,1H3;1H3,(H,3,4). The molecule has 0 aliphatic carbocycles. The van der Waals surface area contributed by atoms with Gasteiger partial charge >= 0.3 is 5.97 Å². The number of carbonyl (C=O) groups is 2. The number of ether oxygens (including phenoxy) is 1. The maximum Gasteiger partial charge on any atom is 0.316 e. The first-order valence-electron chi connectivity index (χ1n) is 7.16. The number of hydrogen-bond donors (Lipinski definition) is 2. The lowest BCUT2D eigenvalue weighted by atomic mass is 9.73. The van der Waals surface area contributed by atoms with Crippen molar-refractivity contribution >= 4 is 11.9 Å². The molecular weight excluding hydrogens is 270 g/mol. The van der Waals surface area contributed by atoms with Crippen molar-refractivity contribution < 1.29 is 19.4 Å². The molecule has 5 nitrogen and oxygen atoms in total. The number of carboxylic acid groups (broad SMARTS) is 1. The van der Waals surface area contributed by atoms with Crippen LogP contribution < -0.4 is 5.32 Å². The van der Waals surface area contributed by atoms with Crippen LogP contribution in [0.1, 0.15) is 32.3 Å². The molecule has 1 saturated heterocycles. The van der Waals surface area contributed by atoms with Crippen LogP contribution in [0.2, 0.25) is 0 Å². The second-order valence-electron chi connectivity index (χ2n) is 4.94. The molecule has 0 bridgehead atoms. The molecule has 21 heavy (non-hydrogen) atoms. The van der Waals surface area contributed by atoms with Crippen molar-refractivity contribution in [2.75, 3.05) is 19.7 Å². The third-order valence-electron chi connectivity index (χ3n) is 3.45. The Labute approximate surface area is 125 Å². The second-order valence-corrected chi connectivity index (χ2v) is 4.94. The average Bonchev–Trinajstić information content (AvgIpc) is 2.48. The van der Waals surface area contributed by atoms with Crippen LogP contribution in [0, 0.1) is 0 Å². The molecule has 1 aromatic carbocycles. The van der Waals surface area contributed by atoms with E-state index in [2.05, 4.69) is 5.32 Å². The highest BCUT2D eigenvalue weighted by atomic mass is 16.5. The van der Waals surface area contributed by atoms with Crippen LogP contribution in [0.5, 0.6) is 0 Å². The normalized spacial score (nSPS) is 16.3. The molecule has 0 radical (unpaired) electrons. The minimum Gasteiger partial charge on any atom is -0.481 e. The third-order valence-corrected chi connectivity index (χ3v) is 3.45. The molecule has 0 unspecified atom stereocenters. The van der Waals surface area contributed by atoms with Crippen LogP contribution in [0.25, 0.3) is 0 Å². The Balaban J connectivity index is 0.000000491. The van der Waals surface area contributed by atoms with Gasteiger partial charge < -0.3 is 15.2 Å². The van der Waals surface area contributed by atoms with Crippen LogP contribution in [-0.4, -0.2) is 36.7 Å². The van der Waals surface area contributed by atoms with Crippen LogP contribution in [-0.2, 0) is 19.7 Å². The molecule has 0 spiro atoms. The van der Waals surface area contributed by atoms with Crippen LogP contribution in [0.15, 0.2) is 30.3 Å². The van der Waals surface area contributed by atoms with Crippen LogP contribution >= 0.6 is 0 Å². The number of carboxylic acids is 1. The molecule has 1 aromatic rings. The number of hydrogen-bond acceptors (Lipinski definition) is 4. The lowest BCUT2D eigenvalue weighted by molar-refractivity contribution is -0.151. The topological polar surface area (TPSA) is 75.6 Å². The number of nitrogens with one attached hydrogen (secondary N) is 1. The van der Waals surface area contributed by atoms with Gasteiger partial charge in [0.25, 0.3) is 5.97 Å². The summed E-state index contributed by atoms with van der Waals surface area (Å²) < 4.78 is 5.27. The Bertz CT molecular complexity index is 449. The van der Waals surface area contributed by atoms with Gasteiger partial charge in [-0.25, -0.2) is 0 Å². The monoisotopic (exact) mass is 293 g/mol. The molecule has 1 heterocycles. The maximum absolute atomic E-state index is 12.3. The van der Waals surface area contributed by atoms with E-state index in [1.165, 1.54) is 0 Å². The SMILES string of the molecule is CC(=O)O.CCOC(=O)C1(c2ccccc2)CCNCC1. The predicted octanol–water partition coefficient (Wildman–Crippen LogP) is 1.96. The number of esters is 1. The summed E-state index contributed by atoms with van der Waals surface area (Å²) in [5.74, 6) is -0.910. The summed E-state index contributed by atoms with van der Waals surface area (Å²) >= 11 is 0. The first kappa shape index (κ1) is 17.2. The highest BCUT2D eigenvalue weighted by Gasteiger charge is 2.42. The highest BCUT2D eigenvalue weighted by Crippen LogP contribution is 2.34. The first-order valence-corrected chi connectivity index (χ1v) is 7.16. The van der Waals surface area contributed by atoms with E-state index in [4.69, 9.17) is 14.6 Å². The van der Waals surface area contributed by atoms with E-state index in [1.54, 1.807) is 0 Å². The highest BCUT2D eigenvalue weighted by molar-refractivity contribution is 5.83. The molecule has 2 N–H and O–H groups in total. The summed E-state index contributed by atoms with van der Waals surface area (Å²) in [5, 5.41) is 10.7. The van der Waals surface area contributed by atoms with Crippen molar-refractivity contribution in [3.63, 3.8) is 0 Å². The number of benzene rings is 1. The molecule has 2 rings (SSSR count). The fourth-order valence-corrected chi connectivity index (χ4v) is 2.49.